The molecule has 0 spiro atoms. The third kappa shape index (κ3) is 2.74. The number of rotatable bonds is 3. The van der Waals surface area contributed by atoms with Gasteiger partial charge in [-0.05, 0) is 30.9 Å². The molecule has 1 fully saturated rings. The molecular formula is C13H15F4NO. The van der Waals surface area contributed by atoms with Crippen LogP contribution >= 0.6 is 0 Å². The number of aliphatic hydroxyl groups is 1. The normalized spacial score (nSPS) is 19.9. The quantitative estimate of drug-likeness (QED) is 0.834. The highest BCUT2D eigenvalue weighted by atomic mass is 19.4. The van der Waals surface area contributed by atoms with Gasteiger partial charge in [0.05, 0.1) is 17.7 Å². The summed E-state index contributed by atoms with van der Waals surface area (Å²) < 4.78 is 52.2. The second-order valence-corrected chi connectivity index (χ2v) is 4.91. The van der Waals surface area contributed by atoms with Gasteiger partial charge in [0.25, 0.3) is 0 Å². The van der Waals surface area contributed by atoms with Crippen LogP contribution in [0.2, 0.25) is 0 Å². The maximum Gasteiger partial charge on any atom is 0.416 e. The molecule has 0 amide bonds. The first-order valence-electron chi connectivity index (χ1n) is 6.11. The summed E-state index contributed by atoms with van der Waals surface area (Å²) in [5, 5.41) is 9.95. The Kier molecular flexibility index (Phi) is 3.82. The molecule has 0 bridgehead atoms. The Hall–Kier alpha value is -1.14. The first-order valence-corrected chi connectivity index (χ1v) is 6.11. The molecule has 2 rings (SSSR count). The Bertz CT molecular complexity index is 456. The molecule has 0 heterocycles. The van der Waals surface area contributed by atoms with Crippen molar-refractivity contribution in [1.29, 1.82) is 0 Å². The number of nitrogens with two attached hydrogens (primary N) is 1. The maximum atomic E-state index is 13.7. The van der Waals surface area contributed by atoms with Crippen molar-refractivity contribution in [2.75, 3.05) is 0 Å². The fourth-order valence-corrected chi connectivity index (χ4v) is 2.37. The molecule has 1 aromatic carbocycles. The van der Waals surface area contributed by atoms with Crippen LogP contribution in [0.3, 0.4) is 0 Å². The van der Waals surface area contributed by atoms with Gasteiger partial charge >= 0.3 is 6.18 Å². The Morgan fingerprint density at radius 1 is 1.26 bits per heavy atom. The van der Waals surface area contributed by atoms with E-state index in [2.05, 4.69) is 0 Å². The van der Waals surface area contributed by atoms with Gasteiger partial charge in [0.15, 0.2) is 0 Å². The van der Waals surface area contributed by atoms with Crippen LogP contribution < -0.4 is 5.73 Å². The molecule has 19 heavy (non-hydrogen) atoms. The Labute approximate surface area is 108 Å². The monoisotopic (exact) mass is 277 g/mol. The number of aliphatic hydroxyl groups excluding tert-OH is 1. The van der Waals surface area contributed by atoms with Crippen LogP contribution in [0.4, 0.5) is 17.6 Å². The molecule has 1 aliphatic rings. The van der Waals surface area contributed by atoms with Crippen LogP contribution in [0.5, 0.6) is 0 Å². The fourth-order valence-electron chi connectivity index (χ4n) is 2.37. The molecule has 3 N–H and O–H groups in total. The molecule has 0 saturated heterocycles. The van der Waals surface area contributed by atoms with Gasteiger partial charge in [-0.25, -0.2) is 4.39 Å². The molecule has 0 aliphatic heterocycles. The summed E-state index contributed by atoms with van der Waals surface area (Å²) >= 11 is 0. The molecule has 106 valence electrons. The van der Waals surface area contributed by atoms with Crippen molar-refractivity contribution < 1.29 is 22.7 Å². The summed E-state index contributed by atoms with van der Waals surface area (Å²) in [6, 6.07) is 1.34. The van der Waals surface area contributed by atoms with Gasteiger partial charge in [-0.1, -0.05) is 12.5 Å². The summed E-state index contributed by atoms with van der Waals surface area (Å²) in [5.74, 6) is -1.17. The zero-order valence-corrected chi connectivity index (χ0v) is 10.1. The molecule has 1 aliphatic carbocycles. The first kappa shape index (κ1) is 14.3. The Balaban J connectivity index is 2.37. The minimum absolute atomic E-state index is 0.143. The maximum absolute atomic E-state index is 13.7. The topological polar surface area (TPSA) is 46.2 Å². The third-order valence-electron chi connectivity index (χ3n) is 3.69. The van der Waals surface area contributed by atoms with Crippen LogP contribution in [0.1, 0.15) is 36.4 Å². The van der Waals surface area contributed by atoms with E-state index >= 15 is 0 Å². The first-order chi connectivity index (χ1) is 8.82. The van der Waals surface area contributed by atoms with Crippen LogP contribution in [0, 0.1) is 11.7 Å². The second kappa shape index (κ2) is 5.09. The zero-order valence-electron chi connectivity index (χ0n) is 10.1. The lowest BCUT2D eigenvalue weighted by Crippen LogP contribution is -2.38. The summed E-state index contributed by atoms with van der Waals surface area (Å²) in [6.07, 6.45) is -3.49. The van der Waals surface area contributed by atoms with E-state index in [4.69, 9.17) is 5.73 Å². The average Bonchev–Trinajstić information content (AvgIpc) is 2.24. The van der Waals surface area contributed by atoms with Crippen LogP contribution in [0.25, 0.3) is 0 Å². The predicted molar refractivity (Wildman–Crippen MR) is 61.7 cm³/mol. The van der Waals surface area contributed by atoms with Crippen molar-refractivity contribution >= 4 is 0 Å². The minimum atomic E-state index is -4.69. The highest BCUT2D eigenvalue weighted by Gasteiger charge is 2.39. The van der Waals surface area contributed by atoms with Crippen molar-refractivity contribution in [3.63, 3.8) is 0 Å². The van der Waals surface area contributed by atoms with Gasteiger partial charge in [-0.15, -0.1) is 0 Å². The van der Waals surface area contributed by atoms with Gasteiger partial charge in [0.1, 0.15) is 5.82 Å². The Morgan fingerprint density at radius 3 is 2.37 bits per heavy atom. The van der Waals surface area contributed by atoms with E-state index in [1.54, 1.807) is 0 Å². The standard InChI is InChI=1S/C13H15F4NO/c14-9-6-2-5-8(13(15,16)17)10(9)11(18)12(19)7-3-1-4-7/h2,5-7,11-12,19H,1,3-4,18H2/t11-,12+/m0/s1. The number of halogens is 4. The largest absolute Gasteiger partial charge is 0.416 e. The highest BCUT2D eigenvalue weighted by molar-refractivity contribution is 5.34. The van der Waals surface area contributed by atoms with Crippen LogP contribution in [-0.2, 0) is 6.18 Å². The van der Waals surface area contributed by atoms with Crippen molar-refractivity contribution in [3.05, 3.63) is 35.1 Å². The fraction of sp³-hybridized carbons (Fsp3) is 0.538. The molecule has 0 aromatic heterocycles. The van der Waals surface area contributed by atoms with Crippen molar-refractivity contribution in [2.45, 2.75) is 37.6 Å². The number of alkyl halides is 3. The number of benzene rings is 1. The zero-order chi connectivity index (χ0) is 14.2. The van der Waals surface area contributed by atoms with Crippen molar-refractivity contribution in [1.82, 2.24) is 0 Å². The minimum Gasteiger partial charge on any atom is -0.391 e. The van der Waals surface area contributed by atoms with Gasteiger partial charge in [0, 0.05) is 5.56 Å². The van der Waals surface area contributed by atoms with Crippen molar-refractivity contribution in [2.24, 2.45) is 11.7 Å². The molecule has 0 unspecified atom stereocenters. The average molecular weight is 277 g/mol. The molecule has 6 heteroatoms. The van der Waals surface area contributed by atoms with Gasteiger partial charge in [-0.2, -0.15) is 13.2 Å². The lowest BCUT2D eigenvalue weighted by Gasteiger charge is -2.34. The Morgan fingerprint density at radius 2 is 1.89 bits per heavy atom. The van der Waals surface area contributed by atoms with E-state index in [1.807, 2.05) is 0 Å². The van der Waals surface area contributed by atoms with Gasteiger partial charge in [-0.3, -0.25) is 0 Å². The third-order valence-corrected chi connectivity index (χ3v) is 3.69. The molecule has 2 atom stereocenters. The second-order valence-electron chi connectivity index (χ2n) is 4.91. The van der Waals surface area contributed by atoms with E-state index < -0.39 is 35.3 Å². The molecule has 2 nitrogen and oxygen atoms in total. The van der Waals surface area contributed by atoms with Gasteiger partial charge in [0.2, 0.25) is 0 Å². The smallest absolute Gasteiger partial charge is 0.391 e. The summed E-state index contributed by atoms with van der Waals surface area (Å²) in [5.41, 5.74) is 3.90. The van der Waals surface area contributed by atoms with E-state index in [1.165, 1.54) is 0 Å². The molecular weight excluding hydrogens is 262 g/mol. The highest BCUT2D eigenvalue weighted by Crippen LogP contribution is 2.39. The van der Waals surface area contributed by atoms with E-state index in [0.717, 1.165) is 24.6 Å². The molecule has 1 saturated carbocycles. The lowest BCUT2D eigenvalue weighted by atomic mass is 9.77. The SMILES string of the molecule is N[C@@H](c1c(F)cccc1C(F)(F)F)[C@H](O)C1CCC1. The molecule has 0 radical (unpaired) electrons. The van der Waals surface area contributed by atoms with Crippen molar-refractivity contribution in [3.8, 4) is 0 Å². The summed E-state index contributed by atoms with van der Waals surface area (Å²) in [7, 11) is 0. The lowest BCUT2D eigenvalue weighted by molar-refractivity contribution is -0.139. The number of hydrogen-bond acceptors (Lipinski definition) is 2. The van der Waals surface area contributed by atoms with Crippen LogP contribution in [-0.4, -0.2) is 11.2 Å². The summed E-state index contributed by atoms with van der Waals surface area (Å²) in [4.78, 5) is 0. The van der Waals surface area contributed by atoms with Gasteiger partial charge < -0.3 is 10.8 Å². The van der Waals surface area contributed by atoms with Crippen LogP contribution in [0.15, 0.2) is 18.2 Å². The van der Waals surface area contributed by atoms with E-state index in [-0.39, 0.29) is 5.92 Å². The number of hydrogen-bond donors (Lipinski definition) is 2. The van der Waals surface area contributed by atoms with E-state index in [0.29, 0.717) is 12.8 Å². The predicted octanol–water partition coefficient (Wildman–Crippen LogP) is 3.01. The molecule has 1 aromatic rings. The van der Waals surface area contributed by atoms with E-state index in [9.17, 15) is 22.7 Å². The summed E-state index contributed by atoms with van der Waals surface area (Å²) in [6.45, 7) is 0.